The molecule has 1 rings (SSSR count). The van der Waals surface area contributed by atoms with E-state index >= 15 is 0 Å². The molecule has 0 fully saturated rings. The van der Waals surface area contributed by atoms with Gasteiger partial charge in [0, 0.05) is 25.2 Å². The lowest BCUT2D eigenvalue weighted by Crippen LogP contribution is -2.31. The Labute approximate surface area is 121 Å². The van der Waals surface area contributed by atoms with Gasteiger partial charge in [-0.25, -0.2) is 4.39 Å². The van der Waals surface area contributed by atoms with Crippen LogP contribution < -0.4 is 5.73 Å². The maximum atomic E-state index is 13.6. The van der Waals surface area contributed by atoms with Gasteiger partial charge >= 0.3 is 0 Å². The van der Waals surface area contributed by atoms with E-state index in [1.54, 1.807) is 6.07 Å². The number of nitrogens with zero attached hydrogens (tertiary/aromatic N) is 1. The Morgan fingerprint density at radius 1 is 1.15 bits per heavy atom. The Hall–Kier alpha value is -1.42. The van der Waals surface area contributed by atoms with Crippen molar-refractivity contribution < 1.29 is 4.39 Å². The van der Waals surface area contributed by atoms with E-state index in [1.165, 1.54) is 12.1 Å². The molecule has 1 aromatic carbocycles. The predicted molar refractivity (Wildman–Crippen MR) is 82.4 cm³/mol. The van der Waals surface area contributed by atoms with Gasteiger partial charge in [-0.1, -0.05) is 27.7 Å². The van der Waals surface area contributed by atoms with Crippen LogP contribution in [-0.2, 0) is 6.54 Å². The van der Waals surface area contributed by atoms with Crippen LogP contribution >= 0.6 is 0 Å². The highest BCUT2D eigenvalue weighted by Crippen LogP contribution is 2.14. The van der Waals surface area contributed by atoms with E-state index in [1.807, 2.05) is 0 Å². The molecule has 20 heavy (non-hydrogen) atoms. The Morgan fingerprint density at radius 3 is 2.15 bits per heavy atom. The van der Waals surface area contributed by atoms with Crippen molar-refractivity contribution in [1.29, 1.82) is 5.41 Å². The number of hydrogen-bond donors (Lipinski definition) is 2. The molecule has 0 radical (unpaired) electrons. The Morgan fingerprint density at radius 2 is 1.70 bits per heavy atom. The van der Waals surface area contributed by atoms with Gasteiger partial charge in [0.1, 0.15) is 11.7 Å². The third kappa shape index (κ3) is 5.70. The highest BCUT2D eigenvalue weighted by Gasteiger charge is 2.12. The molecule has 0 saturated carbocycles. The van der Waals surface area contributed by atoms with Crippen molar-refractivity contribution in [3.63, 3.8) is 0 Å². The van der Waals surface area contributed by atoms with Crippen molar-refractivity contribution in [3.8, 4) is 0 Å². The van der Waals surface area contributed by atoms with Crippen LogP contribution in [0.1, 0.15) is 38.8 Å². The van der Waals surface area contributed by atoms with E-state index in [2.05, 4.69) is 32.6 Å². The smallest absolute Gasteiger partial charge is 0.124 e. The largest absolute Gasteiger partial charge is 0.384 e. The molecular weight excluding hydrogens is 253 g/mol. The molecule has 0 atom stereocenters. The van der Waals surface area contributed by atoms with Gasteiger partial charge < -0.3 is 5.73 Å². The van der Waals surface area contributed by atoms with Crippen molar-refractivity contribution in [2.75, 3.05) is 13.1 Å². The molecule has 0 spiro atoms. The van der Waals surface area contributed by atoms with Crippen molar-refractivity contribution in [3.05, 3.63) is 35.1 Å². The SMILES string of the molecule is CC(C)CN(Cc1cc(F)cc(C(=N)N)c1)CC(C)C. The molecule has 0 aliphatic heterocycles. The van der Waals surface area contributed by atoms with E-state index in [0.29, 0.717) is 23.9 Å². The van der Waals surface area contributed by atoms with Crippen LogP contribution in [0.15, 0.2) is 18.2 Å². The third-order valence-electron chi connectivity index (χ3n) is 2.92. The van der Waals surface area contributed by atoms with E-state index in [0.717, 1.165) is 18.7 Å². The highest BCUT2D eigenvalue weighted by molar-refractivity contribution is 5.95. The maximum absolute atomic E-state index is 13.6. The summed E-state index contributed by atoms with van der Waals surface area (Å²) in [6, 6.07) is 4.64. The van der Waals surface area contributed by atoms with Gasteiger partial charge in [0.2, 0.25) is 0 Å². The van der Waals surface area contributed by atoms with Crippen LogP contribution in [0.5, 0.6) is 0 Å². The minimum absolute atomic E-state index is 0.0926. The number of nitrogen functional groups attached to an aromatic ring is 1. The molecule has 0 heterocycles. The summed E-state index contributed by atoms with van der Waals surface area (Å²) in [7, 11) is 0. The summed E-state index contributed by atoms with van der Waals surface area (Å²) in [6.07, 6.45) is 0. The summed E-state index contributed by atoms with van der Waals surface area (Å²) >= 11 is 0. The number of rotatable bonds is 7. The van der Waals surface area contributed by atoms with Crippen LogP contribution in [0.25, 0.3) is 0 Å². The summed E-state index contributed by atoms with van der Waals surface area (Å²) in [6.45, 7) is 11.4. The lowest BCUT2D eigenvalue weighted by molar-refractivity contribution is 0.211. The standard InChI is InChI=1S/C16H26FN3/c1-11(2)8-20(9-12(3)4)10-13-5-14(16(18)19)7-15(17)6-13/h5-7,11-12H,8-10H2,1-4H3,(H3,18,19). The number of nitrogens with two attached hydrogens (primary N) is 1. The second-order valence-electron chi connectivity index (χ2n) is 6.24. The molecule has 0 aromatic heterocycles. The van der Waals surface area contributed by atoms with Gasteiger partial charge in [-0.05, 0) is 35.6 Å². The van der Waals surface area contributed by atoms with Crippen molar-refractivity contribution in [2.24, 2.45) is 17.6 Å². The summed E-state index contributed by atoms with van der Waals surface area (Å²) < 4.78 is 13.6. The zero-order valence-electron chi connectivity index (χ0n) is 12.9. The van der Waals surface area contributed by atoms with Crippen LogP contribution in [0.4, 0.5) is 4.39 Å². The molecular formula is C16H26FN3. The summed E-state index contributed by atoms with van der Waals surface area (Å²) in [4.78, 5) is 2.33. The van der Waals surface area contributed by atoms with E-state index in [4.69, 9.17) is 11.1 Å². The Kier molecular flexibility index (Phi) is 6.14. The van der Waals surface area contributed by atoms with Crippen LogP contribution in [0.3, 0.4) is 0 Å². The lowest BCUT2D eigenvalue weighted by atomic mass is 10.1. The van der Waals surface area contributed by atoms with E-state index in [-0.39, 0.29) is 11.7 Å². The molecule has 1 aromatic rings. The molecule has 0 amide bonds. The molecule has 0 aliphatic rings. The quantitative estimate of drug-likeness (QED) is 0.595. The van der Waals surface area contributed by atoms with Crippen LogP contribution in [-0.4, -0.2) is 23.8 Å². The highest BCUT2D eigenvalue weighted by atomic mass is 19.1. The van der Waals surface area contributed by atoms with Crippen molar-refractivity contribution in [1.82, 2.24) is 4.90 Å². The first-order valence-corrected chi connectivity index (χ1v) is 7.14. The van der Waals surface area contributed by atoms with E-state index in [9.17, 15) is 4.39 Å². The number of nitrogens with one attached hydrogen (secondary N) is 1. The number of amidine groups is 1. The number of halogens is 1. The Balaban J connectivity index is 2.89. The fourth-order valence-electron chi connectivity index (χ4n) is 2.39. The molecule has 0 aliphatic carbocycles. The number of benzene rings is 1. The van der Waals surface area contributed by atoms with Crippen molar-refractivity contribution >= 4 is 5.84 Å². The summed E-state index contributed by atoms with van der Waals surface area (Å²) in [5.74, 6) is 0.705. The lowest BCUT2D eigenvalue weighted by Gasteiger charge is -2.26. The van der Waals surface area contributed by atoms with Gasteiger partial charge in [-0.15, -0.1) is 0 Å². The molecule has 112 valence electrons. The van der Waals surface area contributed by atoms with Crippen molar-refractivity contribution in [2.45, 2.75) is 34.2 Å². The molecule has 0 bridgehead atoms. The first kappa shape index (κ1) is 16.6. The number of hydrogen-bond acceptors (Lipinski definition) is 2. The minimum atomic E-state index is -0.332. The monoisotopic (exact) mass is 279 g/mol. The molecule has 3 nitrogen and oxygen atoms in total. The molecule has 4 heteroatoms. The first-order valence-electron chi connectivity index (χ1n) is 7.14. The molecule has 0 unspecified atom stereocenters. The second kappa shape index (κ2) is 7.39. The van der Waals surface area contributed by atoms with Gasteiger partial charge in [0.25, 0.3) is 0 Å². The first-order chi connectivity index (χ1) is 9.27. The fraction of sp³-hybridized carbons (Fsp3) is 0.562. The van der Waals surface area contributed by atoms with Gasteiger partial charge in [0.05, 0.1) is 0 Å². The predicted octanol–water partition coefficient (Wildman–Crippen LogP) is 3.22. The minimum Gasteiger partial charge on any atom is -0.384 e. The normalized spacial score (nSPS) is 11.6. The van der Waals surface area contributed by atoms with Gasteiger partial charge in [-0.2, -0.15) is 0 Å². The molecule has 3 N–H and O–H groups in total. The third-order valence-corrected chi connectivity index (χ3v) is 2.92. The zero-order chi connectivity index (χ0) is 15.3. The topological polar surface area (TPSA) is 53.1 Å². The second-order valence-corrected chi connectivity index (χ2v) is 6.24. The maximum Gasteiger partial charge on any atom is 0.124 e. The zero-order valence-corrected chi connectivity index (χ0v) is 12.9. The van der Waals surface area contributed by atoms with Gasteiger partial charge in [-0.3, -0.25) is 10.3 Å². The average molecular weight is 279 g/mol. The summed E-state index contributed by atoms with van der Waals surface area (Å²) in [5.41, 5.74) is 6.77. The van der Waals surface area contributed by atoms with Crippen LogP contribution in [0, 0.1) is 23.1 Å². The Bertz CT molecular complexity index is 445. The summed E-state index contributed by atoms with van der Waals surface area (Å²) in [5, 5.41) is 7.43. The van der Waals surface area contributed by atoms with Crippen LogP contribution in [0.2, 0.25) is 0 Å². The van der Waals surface area contributed by atoms with Gasteiger partial charge in [0.15, 0.2) is 0 Å². The fourth-order valence-corrected chi connectivity index (χ4v) is 2.39. The average Bonchev–Trinajstić information content (AvgIpc) is 2.25. The van der Waals surface area contributed by atoms with E-state index < -0.39 is 0 Å². The molecule has 0 saturated heterocycles.